The lowest BCUT2D eigenvalue weighted by Crippen LogP contribution is -2.35. The zero-order valence-electron chi connectivity index (χ0n) is 39.7. The minimum atomic E-state index is 0.0199. The average molecular weight is 836 g/mol. The van der Waals surface area contributed by atoms with Gasteiger partial charge >= 0.3 is 5.97 Å². The predicted molar refractivity (Wildman–Crippen MR) is 259 cm³/mol. The third-order valence-corrected chi connectivity index (χ3v) is 12.2. The van der Waals surface area contributed by atoms with Crippen LogP contribution in [0.5, 0.6) is 0 Å². The lowest BCUT2D eigenvalue weighted by Gasteiger charge is -2.23. The molecular formula is C51H101N3O3S. The van der Waals surface area contributed by atoms with Crippen molar-refractivity contribution in [1.82, 2.24) is 15.5 Å². The maximum absolute atomic E-state index is 12.6. The molecule has 0 rings (SSSR count). The van der Waals surface area contributed by atoms with Gasteiger partial charge in [-0.15, -0.1) is 0 Å². The summed E-state index contributed by atoms with van der Waals surface area (Å²) in [5.41, 5.74) is 0. The van der Waals surface area contributed by atoms with E-state index in [0.717, 1.165) is 75.5 Å². The van der Waals surface area contributed by atoms with Crippen LogP contribution in [0.4, 0.5) is 0 Å². The quantitative estimate of drug-likeness (QED) is 0.0274. The zero-order valence-corrected chi connectivity index (χ0v) is 40.5. The number of ether oxygens (including phenoxy) is 2. The number of hydrogen-bond acceptors (Lipinski definition) is 5. The molecule has 0 aliphatic carbocycles. The number of carbonyl (C=O) groups excluding carboxylic acids is 1. The van der Waals surface area contributed by atoms with Crippen molar-refractivity contribution in [3.8, 4) is 0 Å². The fraction of sp³-hybridized carbons (Fsp3) is 0.922. The zero-order chi connectivity index (χ0) is 42.6. The van der Waals surface area contributed by atoms with Crippen LogP contribution in [0.1, 0.15) is 259 Å². The Bertz CT molecular complexity index is 886. The van der Waals surface area contributed by atoms with Crippen LogP contribution in [-0.2, 0) is 14.3 Å². The Labute approximate surface area is 368 Å². The predicted octanol–water partition coefficient (Wildman–Crippen LogP) is 15.3. The van der Waals surface area contributed by atoms with Crippen molar-refractivity contribution in [3.05, 3.63) is 12.3 Å². The summed E-state index contributed by atoms with van der Waals surface area (Å²) in [5, 5.41) is 7.06. The van der Waals surface area contributed by atoms with E-state index in [4.69, 9.17) is 21.7 Å². The molecule has 58 heavy (non-hydrogen) atoms. The highest BCUT2D eigenvalue weighted by molar-refractivity contribution is 7.80. The number of nitrogens with zero attached hydrogens (tertiary/aromatic N) is 1. The Balaban J connectivity index is 4.43. The second-order valence-electron chi connectivity index (χ2n) is 17.6. The van der Waals surface area contributed by atoms with Crippen LogP contribution >= 0.6 is 12.2 Å². The summed E-state index contributed by atoms with van der Waals surface area (Å²) in [5.74, 6) is 1.05. The Kier molecular flexibility index (Phi) is 44.1. The first-order chi connectivity index (χ1) is 28.4. The second-order valence-corrected chi connectivity index (χ2v) is 18.0. The van der Waals surface area contributed by atoms with E-state index in [1.165, 1.54) is 186 Å². The van der Waals surface area contributed by atoms with Crippen LogP contribution in [0.25, 0.3) is 0 Å². The Morgan fingerprint density at radius 3 is 1.36 bits per heavy atom. The Morgan fingerprint density at radius 2 is 0.897 bits per heavy atom. The standard InChI is InChI=1S/C51H101N3O3S/c1-7-11-14-17-23-30-39-48(37-10-4)57-50(55)42-33-26-21-28-35-45-54(46-36-43-53-51(58)52-6)44-34-27-20-22-29-38-47(5)56-49(40-31-24-18-15-12-8-2)41-32-25-19-16-13-9-3/h48-49H,5,7-46H2,1-4,6H3,(H2,52,53,58). The van der Waals surface area contributed by atoms with E-state index in [-0.39, 0.29) is 12.1 Å². The van der Waals surface area contributed by atoms with Gasteiger partial charge in [0, 0.05) is 26.4 Å². The van der Waals surface area contributed by atoms with Gasteiger partial charge in [-0.3, -0.25) is 4.79 Å². The maximum Gasteiger partial charge on any atom is 0.306 e. The number of carbonyl (C=O) groups is 1. The summed E-state index contributed by atoms with van der Waals surface area (Å²) < 4.78 is 12.4. The van der Waals surface area contributed by atoms with Crippen molar-refractivity contribution in [1.29, 1.82) is 0 Å². The van der Waals surface area contributed by atoms with Crippen LogP contribution in [-0.4, -0.2) is 61.4 Å². The highest BCUT2D eigenvalue weighted by atomic mass is 32.1. The monoisotopic (exact) mass is 836 g/mol. The summed E-state index contributed by atoms with van der Waals surface area (Å²) in [6, 6.07) is 0. The van der Waals surface area contributed by atoms with Gasteiger partial charge in [-0.05, 0) is 109 Å². The summed E-state index contributed by atoms with van der Waals surface area (Å²) in [7, 11) is 1.87. The molecule has 1 atom stereocenters. The Hall–Kier alpha value is -1.34. The number of nitrogens with one attached hydrogen (secondary N) is 2. The molecule has 0 radical (unpaired) electrons. The van der Waals surface area contributed by atoms with E-state index in [9.17, 15) is 4.79 Å². The molecule has 0 amide bonds. The first-order valence-corrected chi connectivity index (χ1v) is 26.0. The summed E-state index contributed by atoms with van der Waals surface area (Å²) in [6.07, 6.45) is 44.6. The number of thiocarbonyl (C=S) groups is 1. The number of unbranched alkanes of at least 4 members (excludes halogenated alkanes) is 23. The molecule has 2 N–H and O–H groups in total. The van der Waals surface area contributed by atoms with Crippen LogP contribution in [0.15, 0.2) is 12.3 Å². The lowest BCUT2D eigenvalue weighted by atomic mass is 10.0. The third kappa shape index (κ3) is 40.1. The van der Waals surface area contributed by atoms with Gasteiger partial charge in [0.1, 0.15) is 6.10 Å². The maximum atomic E-state index is 12.6. The molecule has 0 heterocycles. The lowest BCUT2D eigenvalue weighted by molar-refractivity contribution is -0.150. The highest BCUT2D eigenvalue weighted by Crippen LogP contribution is 2.22. The van der Waals surface area contributed by atoms with Gasteiger partial charge in [0.05, 0.1) is 11.9 Å². The molecule has 0 aliphatic rings. The summed E-state index contributed by atoms with van der Waals surface area (Å²) in [4.78, 5) is 15.3. The first-order valence-electron chi connectivity index (χ1n) is 25.6. The van der Waals surface area contributed by atoms with E-state index in [1.807, 2.05) is 7.05 Å². The van der Waals surface area contributed by atoms with Crippen molar-refractivity contribution in [3.63, 3.8) is 0 Å². The van der Waals surface area contributed by atoms with Crippen molar-refractivity contribution >= 4 is 23.3 Å². The molecule has 0 saturated heterocycles. The van der Waals surface area contributed by atoms with Gasteiger partial charge in [0.25, 0.3) is 0 Å². The van der Waals surface area contributed by atoms with Gasteiger partial charge in [0.2, 0.25) is 0 Å². The normalized spacial score (nSPS) is 12.0. The topological polar surface area (TPSA) is 62.8 Å². The van der Waals surface area contributed by atoms with Gasteiger partial charge in [-0.1, -0.05) is 176 Å². The number of allylic oxidation sites excluding steroid dienone is 1. The SMILES string of the molecule is C=C(CCCCCCCN(CCCCCCCC(=O)OC(CCC)CCCCCCCC)CCCNC(=S)NC)OC(CCCCCCCC)CCCCCCCC. The molecule has 0 fully saturated rings. The fourth-order valence-corrected chi connectivity index (χ4v) is 8.20. The van der Waals surface area contributed by atoms with E-state index in [1.54, 1.807) is 0 Å². The average Bonchev–Trinajstić information content (AvgIpc) is 3.21. The highest BCUT2D eigenvalue weighted by Gasteiger charge is 2.14. The van der Waals surface area contributed by atoms with Crippen LogP contribution in [0.2, 0.25) is 0 Å². The molecule has 0 saturated carbocycles. The second kappa shape index (κ2) is 45.2. The van der Waals surface area contributed by atoms with E-state index < -0.39 is 0 Å². The number of esters is 1. The molecule has 0 spiro atoms. The minimum Gasteiger partial charge on any atom is -0.495 e. The molecule has 0 bridgehead atoms. The molecule has 0 aromatic heterocycles. The third-order valence-electron chi connectivity index (χ3n) is 11.8. The molecule has 0 aromatic rings. The van der Waals surface area contributed by atoms with Crippen LogP contribution in [0.3, 0.4) is 0 Å². The van der Waals surface area contributed by atoms with Crippen LogP contribution < -0.4 is 10.6 Å². The van der Waals surface area contributed by atoms with Gasteiger partial charge < -0.3 is 25.0 Å². The molecule has 344 valence electrons. The molecule has 7 heteroatoms. The van der Waals surface area contributed by atoms with Crippen molar-refractivity contribution in [2.45, 2.75) is 271 Å². The Morgan fingerprint density at radius 1 is 0.500 bits per heavy atom. The largest absolute Gasteiger partial charge is 0.495 e. The van der Waals surface area contributed by atoms with Crippen LogP contribution in [0, 0.1) is 0 Å². The fourth-order valence-electron chi connectivity index (χ4n) is 8.09. The van der Waals surface area contributed by atoms with Crippen molar-refractivity contribution in [2.24, 2.45) is 0 Å². The van der Waals surface area contributed by atoms with Gasteiger partial charge in [-0.2, -0.15) is 0 Å². The molecule has 1 unspecified atom stereocenters. The van der Waals surface area contributed by atoms with Gasteiger partial charge in [-0.25, -0.2) is 0 Å². The van der Waals surface area contributed by atoms with E-state index in [2.05, 4.69) is 49.8 Å². The molecular weight excluding hydrogens is 735 g/mol. The van der Waals surface area contributed by atoms with Crippen molar-refractivity contribution < 1.29 is 14.3 Å². The smallest absolute Gasteiger partial charge is 0.306 e. The first kappa shape index (κ1) is 56.7. The van der Waals surface area contributed by atoms with E-state index >= 15 is 0 Å². The number of rotatable bonds is 46. The summed E-state index contributed by atoms with van der Waals surface area (Å²) >= 11 is 5.28. The summed E-state index contributed by atoms with van der Waals surface area (Å²) in [6.45, 7) is 17.8. The molecule has 0 aromatic carbocycles. The molecule has 0 aliphatic heterocycles. The number of hydrogen-bond donors (Lipinski definition) is 2. The minimum absolute atomic E-state index is 0.0199. The van der Waals surface area contributed by atoms with E-state index in [0.29, 0.717) is 12.5 Å². The molecule has 6 nitrogen and oxygen atoms in total. The van der Waals surface area contributed by atoms with Gasteiger partial charge in [0.15, 0.2) is 5.11 Å². The van der Waals surface area contributed by atoms with Crippen molar-refractivity contribution in [2.75, 3.05) is 33.2 Å².